The van der Waals surface area contributed by atoms with Gasteiger partial charge < -0.3 is 15.8 Å². The summed E-state index contributed by atoms with van der Waals surface area (Å²) in [5, 5.41) is 3.24. The van der Waals surface area contributed by atoms with E-state index < -0.39 is 0 Å². The van der Waals surface area contributed by atoms with E-state index >= 15 is 0 Å². The zero-order chi connectivity index (χ0) is 15.9. The van der Waals surface area contributed by atoms with Gasteiger partial charge in [-0.25, -0.2) is 0 Å². The van der Waals surface area contributed by atoms with Crippen molar-refractivity contribution in [2.24, 2.45) is 0 Å². The number of hydrogen-bond donors (Lipinski definition) is 2. The van der Waals surface area contributed by atoms with Crippen molar-refractivity contribution in [1.29, 1.82) is 0 Å². The third kappa shape index (κ3) is 4.58. The van der Waals surface area contributed by atoms with Crippen molar-refractivity contribution in [3.05, 3.63) is 35.7 Å². The quantitative estimate of drug-likeness (QED) is 0.817. The molecule has 22 heavy (non-hydrogen) atoms. The maximum Gasteiger partial charge on any atom is 0.228 e. The normalized spacial score (nSPS) is 12.0. The second-order valence-corrected chi connectivity index (χ2v) is 5.12. The molecule has 0 aliphatic heterocycles. The molecule has 0 fully saturated rings. The first-order chi connectivity index (χ1) is 10.6. The largest absolute Gasteiger partial charge is 0.491 e. The molecule has 0 radical (unpaired) electrons. The van der Waals surface area contributed by atoms with Crippen LogP contribution in [0, 0.1) is 6.92 Å². The number of benzene rings is 1. The molecule has 0 spiro atoms. The molecule has 1 unspecified atom stereocenters. The predicted molar refractivity (Wildman–Crippen MR) is 88.0 cm³/mol. The van der Waals surface area contributed by atoms with Gasteiger partial charge in [0.05, 0.1) is 6.04 Å². The Bertz CT molecular complexity index is 580. The molecule has 1 atom stereocenters. The van der Waals surface area contributed by atoms with Gasteiger partial charge >= 0.3 is 0 Å². The average molecular weight is 301 g/mol. The van der Waals surface area contributed by atoms with Crippen LogP contribution in [0.25, 0.3) is 0 Å². The molecule has 1 heterocycles. The Morgan fingerprint density at radius 1 is 1.14 bits per heavy atom. The summed E-state index contributed by atoms with van der Waals surface area (Å²) in [7, 11) is 0. The van der Waals surface area contributed by atoms with E-state index in [1.165, 1.54) is 5.56 Å². The Labute approximate surface area is 131 Å². The van der Waals surface area contributed by atoms with E-state index in [1.807, 2.05) is 12.1 Å². The van der Waals surface area contributed by atoms with Gasteiger partial charge in [0.15, 0.2) is 0 Å². The minimum Gasteiger partial charge on any atom is -0.491 e. The molecule has 0 saturated carbocycles. The Morgan fingerprint density at radius 3 is 2.45 bits per heavy atom. The summed E-state index contributed by atoms with van der Waals surface area (Å²) in [6.45, 7) is 6.54. The van der Waals surface area contributed by atoms with Gasteiger partial charge in [-0.05, 0) is 37.5 Å². The van der Waals surface area contributed by atoms with E-state index in [0.29, 0.717) is 18.4 Å². The first kappa shape index (κ1) is 16.0. The SMILES string of the molecule is CCc1ccc(OCC(CC)Nc2nc(C)nc(N)n2)cc1. The zero-order valence-electron chi connectivity index (χ0n) is 13.3. The molecule has 0 bridgehead atoms. The number of nitrogen functional groups attached to an aromatic ring is 1. The van der Waals surface area contributed by atoms with Crippen LogP contribution in [0.4, 0.5) is 11.9 Å². The summed E-state index contributed by atoms with van der Waals surface area (Å²) in [6.07, 6.45) is 1.91. The molecule has 6 nitrogen and oxygen atoms in total. The van der Waals surface area contributed by atoms with Crippen LogP contribution in [0.15, 0.2) is 24.3 Å². The lowest BCUT2D eigenvalue weighted by Crippen LogP contribution is -2.27. The molecular weight excluding hydrogens is 278 g/mol. The van der Waals surface area contributed by atoms with Crippen LogP contribution in [0.3, 0.4) is 0 Å². The summed E-state index contributed by atoms with van der Waals surface area (Å²) in [5.74, 6) is 2.17. The van der Waals surface area contributed by atoms with Crippen molar-refractivity contribution in [2.45, 2.75) is 39.7 Å². The van der Waals surface area contributed by atoms with E-state index in [1.54, 1.807) is 6.92 Å². The summed E-state index contributed by atoms with van der Waals surface area (Å²) < 4.78 is 5.83. The highest BCUT2D eigenvalue weighted by molar-refractivity contribution is 5.32. The number of rotatable bonds is 7. The lowest BCUT2D eigenvalue weighted by atomic mass is 10.2. The number of anilines is 2. The molecule has 2 aromatic rings. The van der Waals surface area contributed by atoms with E-state index in [0.717, 1.165) is 18.6 Å². The first-order valence-corrected chi connectivity index (χ1v) is 7.57. The van der Waals surface area contributed by atoms with Crippen LogP contribution >= 0.6 is 0 Å². The highest BCUT2D eigenvalue weighted by Crippen LogP contribution is 2.14. The van der Waals surface area contributed by atoms with Crippen molar-refractivity contribution >= 4 is 11.9 Å². The zero-order valence-corrected chi connectivity index (χ0v) is 13.3. The fourth-order valence-electron chi connectivity index (χ4n) is 2.03. The average Bonchev–Trinajstić information content (AvgIpc) is 2.51. The van der Waals surface area contributed by atoms with Gasteiger partial charge in [0.2, 0.25) is 11.9 Å². The molecule has 0 aliphatic carbocycles. The predicted octanol–water partition coefficient (Wildman–Crippen LogP) is 2.59. The van der Waals surface area contributed by atoms with Gasteiger partial charge in [-0.15, -0.1) is 0 Å². The Hall–Kier alpha value is -2.37. The number of nitrogens with one attached hydrogen (secondary N) is 1. The molecule has 2 rings (SSSR count). The number of hydrogen-bond acceptors (Lipinski definition) is 6. The minimum atomic E-state index is 0.104. The van der Waals surface area contributed by atoms with Crippen LogP contribution in [0.2, 0.25) is 0 Å². The van der Waals surface area contributed by atoms with E-state index in [2.05, 4.69) is 46.2 Å². The molecule has 0 aliphatic rings. The van der Waals surface area contributed by atoms with Gasteiger partial charge in [0.25, 0.3) is 0 Å². The Morgan fingerprint density at radius 2 is 1.86 bits per heavy atom. The van der Waals surface area contributed by atoms with Crippen LogP contribution in [-0.4, -0.2) is 27.6 Å². The van der Waals surface area contributed by atoms with Gasteiger partial charge in [-0.2, -0.15) is 15.0 Å². The number of aromatic nitrogens is 3. The van der Waals surface area contributed by atoms with Crippen LogP contribution in [0.5, 0.6) is 5.75 Å². The maximum absolute atomic E-state index is 5.83. The van der Waals surface area contributed by atoms with Crippen LogP contribution in [0.1, 0.15) is 31.7 Å². The summed E-state index contributed by atoms with van der Waals surface area (Å²) in [4.78, 5) is 12.3. The van der Waals surface area contributed by atoms with Crippen LogP contribution in [-0.2, 0) is 6.42 Å². The Kier molecular flexibility index (Phi) is 5.52. The maximum atomic E-state index is 5.83. The molecule has 6 heteroatoms. The fraction of sp³-hybridized carbons (Fsp3) is 0.438. The molecule has 118 valence electrons. The van der Waals surface area contributed by atoms with Crippen molar-refractivity contribution in [3.63, 3.8) is 0 Å². The first-order valence-electron chi connectivity index (χ1n) is 7.57. The van der Waals surface area contributed by atoms with Gasteiger partial charge in [-0.3, -0.25) is 0 Å². The lowest BCUT2D eigenvalue weighted by molar-refractivity contribution is 0.293. The molecule has 3 N–H and O–H groups in total. The molecule has 1 aromatic heterocycles. The standard InChI is InChI=1S/C16H23N5O/c1-4-12-6-8-14(9-7-12)22-10-13(5-2)20-16-19-11(3)18-15(17)21-16/h6-9,13H,4-5,10H2,1-3H3,(H3,17,18,19,20,21). The van der Waals surface area contributed by atoms with Gasteiger partial charge in [0, 0.05) is 0 Å². The van der Waals surface area contributed by atoms with Crippen molar-refractivity contribution in [3.8, 4) is 5.75 Å². The van der Waals surface area contributed by atoms with E-state index in [9.17, 15) is 0 Å². The van der Waals surface area contributed by atoms with Crippen molar-refractivity contribution in [1.82, 2.24) is 15.0 Å². The number of aryl methyl sites for hydroxylation is 2. The third-order valence-electron chi connectivity index (χ3n) is 3.37. The third-order valence-corrected chi connectivity index (χ3v) is 3.37. The number of ether oxygens (including phenoxy) is 1. The highest BCUT2D eigenvalue weighted by atomic mass is 16.5. The second kappa shape index (κ2) is 7.59. The smallest absolute Gasteiger partial charge is 0.228 e. The lowest BCUT2D eigenvalue weighted by Gasteiger charge is -2.18. The number of nitrogens with zero attached hydrogens (tertiary/aromatic N) is 3. The second-order valence-electron chi connectivity index (χ2n) is 5.12. The molecule has 1 aromatic carbocycles. The Balaban J connectivity index is 1.93. The van der Waals surface area contributed by atoms with Crippen molar-refractivity contribution in [2.75, 3.05) is 17.7 Å². The van der Waals surface area contributed by atoms with E-state index in [-0.39, 0.29) is 12.0 Å². The molecule has 0 saturated heterocycles. The molecule has 0 amide bonds. The summed E-state index contributed by atoms with van der Waals surface area (Å²) in [6, 6.07) is 8.26. The molecular formula is C16H23N5O. The fourth-order valence-corrected chi connectivity index (χ4v) is 2.03. The van der Waals surface area contributed by atoms with Crippen molar-refractivity contribution < 1.29 is 4.74 Å². The minimum absolute atomic E-state index is 0.104. The van der Waals surface area contributed by atoms with Crippen LogP contribution < -0.4 is 15.8 Å². The van der Waals surface area contributed by atoms with Gasteiger partial charge in [-0.1, -0.05) is 26.0 Å². The van der Waals surface area contributed by atoms with E-state index in [4.69, 9.17) is 10.5 Å². The topological polar surface area (TPSA) is 86.0 Å². The van der Waals surface area contributed by atoms with Gasteiger partial charge in [0.1, 0.15) is 18.2 Å². The number of nitrogens with two attached hydrogens (primary N) is 1. The summed E-state index contributed by atoms with van der Waals surface area (Å²) >= 11 is 0. The monoisotopic (exact) mass is 301 g/mol. The summed E-state index contributed by atoms with van der Waals surface area (Å²) in [5.41, 5.74) is 6.94. The highest BCUT2D eigenvalue weighted by Gasteiger charge is 2.10.